The summed E-state index contributed by atoms with van der Waals surface area (Å²) in [5.74, 6) is 1.31. The summed E-state index contributed by atoms with van der Waals surface area (Å²) in [6.07, 6.45) is 30.6. The van der Waals surface area contributed by atoms with E-state index in [4.69, 9.17) is 15.0 Å². The summed E-state index contributed by atoms with van der Waals surface area (Å²) >= 11 is 0. The van der Waals surface area contributed by atoms with E-state index in [1.165, 1.54) is 82.2 Å². The second kappa shape index (κ2) is 16.6. The third-order valence-electron chi connectivity index (χ3n) is 14.0. The molecule has 0 radical (unpaired) electrons. The van der Waals surface area contributed by atoms with Crippen LogP contribution in [-0.2, 0) is 11.8 Å². The second-order valence-corrected chi connectivity index (χ2v) is 17.6. The van der Waals surface area contributed by atoms with E-state index in [2.05, 4.69) is 188 Å². The molecule has 2 unspecified atom stereocenters. The van der Waals surface area contributed by atoms with Crippen LogP contribution in [0.1, 0.15) is 91.1 Å². The van der Waals surface area contributed by atoms with Gasteiger partial charge in [-0.3, -0.25) is 4.99 Å². The lowest BCUT2D eigenvalue weighted by atomic mass is 9.63. The van der Waals surface area contributed by atoms with E-state index in [1.807, 2.05) is 0 Å². The Morgan fingerprint density at radius 1 is 0.532 bits per heavy atom. The van der Waals surface area contributed by atoms with Crippen molar-refractivity contribution in [2.24, 2.45) is 10.9 Å². The van der Waals surface area contributed by atoms with Crippen molar-refractivity contribution in [2.75, 3.05) is 0 Å². The lowest BCUT2D eigenvalue weighted by Crippen LogP contribution is -2.32. The maximum Gasteiger partial charge on any atom is 0.156 e. The van der Waals surface area contributed by atoms with Crippen LogP contribution in [0.5, 0.6) is 0 Å². The van der Waals surface area contributed by atoms with Crippen LogP contribution in [0.25, 0.3) is 50.9 Å². The van der Waals surface area contributed by atoms with E-state index in [0.29, 0.717) is 0 Å². The van der Waals surface area contributed by atoms with Crippen LogP contribution in [-0.4, -0.2) is 15.7 Å². The Kier molecular flexibility index (Phi) is 10.3. The fourth-order valence-electron chi connectivity index (χ4n) is 10.7. The van der Waals surface area contributed by atoms with Gasteiger partial charge < -0.3 is 0 Å². The van der Waals surface area contributed by atoms with E-state index in [0.717, 1.165) is 59.9 Å². The molecule has 62 heavy (non-hydrogen) atoms. The molecule has 0 N–H and O–H groups in total. The Balaban J connectivity index is 0.886. The van der Waals surface area contributed by atoms with Crippen molar-refractivity contribution in [3.8, 4) is 33.5 Å². The number of aliphatic imine (C=N–C) groups is 1. The lowest BCUT2D eigenvalue weighted by molar-refractivity contribution is 0.332. The minimum Gasteiger partial charge on any atom is -0.252 e. The second-order valence-electron chi connectivity index (χ2n) is 17.6. The minimum atomic E-state index is 0.0434. The highest BCUT2D eigenvalue weighted by Gasteiger charge is 2.38. The van der Waals surface area contributed by atoms with Gasteiger partial charge in [-0.05, 0) is 101 Å². The van der Waals surface area contributed by atoms with Gasteiger partial charge in [0.2, 0.25) is 0 Å². The summed E-state index contributed by atoms with van der Waals surface area (Å²) < 4.78 is 0. The molecule has 5 aromatic carbocycles. The fraction of sp³-hybridized carbons (Fsp3) is 0.203. The molecule has 302 valence electrons. The maximum absolute atomic E-state index is 5.35. The molecule has 0 saturated heterocycles. The van der Waals surface area contributed by atoms with Gasteiger partial charge in [0.05, 0.1) is 17.1 Å². The van der Waals surface area contributed by atoms with Crippen LogP contribution >= 0.6 is 0 Å². The molecule has 5 aliphatic rings. The van der Waals surface area contributed by atoms with Crippen LogP contribution in [0.4, 0.5) is 0 Å². The van der Waals surface area contributed by atoms with Gasteiger partial charge in [-0.1, -0.05) is 195 Å². The van der Waals surface area contributed by atoms with Crippen molar-refractivity contribution in [2.45, 2.75) is 69.1 Å². The topological polar surface area (TPSA) is 38.1 Å². The summed E-state index contributed by atoms with van der Waals surface area (Å²) in [6, 6.07) is 48.8. The quantitative estimate of drug-likeness (QED) is 0.154. The first-order chi connectivity index (χ1) is 30.7. The summed E-state index contributed by atoms with van der Waals surface area (Å²) in [7, 11) is 0. The monoisotopic (exact) mass is 801 g/mol. The molecule has 1 saturated carbocycles. The number of hydrogen-bond acceptors (Lipinski definition) is 3. The highest BCUT2D eigenvalue weighted by atomic mass is 14.9. The Morgan fingerprint density at radius 2 is 1.19 bits per heavy atom. The minimum absolute atomic E-state index is 0.0434. The summed E-state index contributed by atoms with van der Waals surface area (Å²) in [5.41, 5.74) is 18.5. The third-order valence-corrected chi connectivity index (χ3v) is 14.0. The Morgan fingerprint density at radius 3 is 1.89 bits per heavy atom. The first kappa shape index (κ1) is 38.2. The standard InChI is InChI=1S/C59H51N3/c1-4-14-41(15-5-1)43-22-26-45(27-23-43)53-40-56(60-54-20-10-8-18-51(53)54)46-30-34-49(35-31-46)59(38-12-3-13-39-59)50-36-32-48(33-37-50)58-61-55-21-11-9-19-52(55)57(62-58)47-28-24-44(25-29-47)42-16-6-2-7-17-42/h1-2,4-8,10-11,14-18,20-32,34-36,40,51,53H,3,9,12-13,19,33,37-39H2. The Labute approximate surface area is 366 Å². The molecule has 4 aliphatic carbocycles. The third kappa shape index (κ3) is 7.30. The molecule has 2 heterocycles. The molecule has 2 atom stereocenters. The average molecular weight is 802 g/mol. The number of allylic oxidation sites excluding steroid dienone is 10. The van der Waals surface area contributed by atoms with E-state index in [-0.39, 0.29) is 17.3 Å². The van der Waals surface area contributed by atoms with E-state index in [9.17, 15) is 0 Å². The van der Waals surface area contributed by atoms with Crippen molar-refractivity contribution in [1.29, 1.82) is 0 Å². The fourth-order valence-corrected chi connectivity index (χ4v) is 10.7. The number of rotatable bonds is 8. The predicted octanol–water partition coefficient (Wildman–Crippen LogP) is 14.8. The molecule has 11 rings (SSSR count). The zero-order valence-electron chi connectivity index (χ0n) is 35.3. The SMILES string of the molecule is C1=CC2=NC(c3ccc(C4(C5=CC=C(c6nc7c(c(-c8ccc(-c9ccccc9)cc8)n6)CCC=C7)CC5)CCCCC4)cc3)=CC(c3ccc(-c4ccccc4)cc3)C2C=C1. The molecule has 1 fully saturated rings. The van der Waals surface area contributed by atoms with Crippen LogP contribution in [0.2, 0.25) is 0 Å². The zero-order valence-corrected chi connectivity index (χ0v) is 35.3. The summed E-state index contributed by atoms with van der Waals surface area (Å²) in [6.45, 7) is 0. The number of benzene rings is 5. The smallest absolute Gasteiger partial charge is 0.156 e. The molecule has 6 aromatic rings. The number of fused-ring (bicyclic) bond motifs is 2. The normalized spacial score (nSPS) is 20.0. The van der Waals surface area contributed by atoms with E-state index >= 15 is 0 Å². The van der Waals surface area contributed by atoms with Crippen molar-refractivity contribution >= 4 is 23.1 Å². The van der Waals surface area contributed by atoms with Crippen molar-refractivity contribution < 1.29 is 0 Å². The van der Waals surface area contributed by atoms with Gasteiger partial charge in [0.15, 0.2) is 5.82 Å². The van der Waals surface area contributed by atoms with Crippen molar-refractivity contribution in [3.05, 3.63) is 221 Å². The number of aromatic nitrogens is 2. The lowest BCUT2D eigenvalue weighted by Gasteiger charge is -2.41. The van der Waals surface area contributed by atoms with E-state index < -0.39 is 0 Å². The predicted molar refractivity (Wildman–Crippen MR) is 259 cm³/mol. The Bertz CT molecular complexity index is 2830. The van der Waals surface area contributed by atoms with Gasteiger partial charge in [-0.15, -0.1) is 0 Å². The summed E-state index contributed by atoms with van der Waals surface area (Å²) in [5, 5.41) is 0. The molecular formula is C59H51N3. The molecule has 0 bridgehead atoms. The molecule has 0 amide bonds. The molecule has 3 heteroatoms. The number of hydrogen-bond donors (Lipinski definition) is 0. The first-order valence-electron chi connectivity index (χ1n) is 22.7. The molecular weight excluding hydrogens is 751 g/mol. The summed E-state index contributed by atoms with van der Waals surface area (Å²) in [4.78, 5) is 15.8. The van der Waals surface area contributed by atoms with Gasteiger partial charge in [-0.25, -0.2) is 9.97 Å². The highest BCUT2D eigenvalue weighted by molar-refractivity contribution is 6.04. The Hall–Kier alpha value is -6.71. The van der Waals surface area contributed by atoms with Gasteiger partial charge in [0.1, 0.15) is 0 Å². The largest absolute Gasteiger partial charge is 0.252 e. The van der Waals surface area contributed by atoms with Crippen LogP contribution in [0.15, 0.2) is 193 Å². The van der Waals surface area contributed by atoms with Gasteiger partial charge in [0.25, 0.3) is 0 Å². The average Bonchev–Trinajstić information content (AvgIpc) is 3.36. The van der Waals surface area contributed by atoms with Crippen LogP contribution in [0, 0.1) is 5.92 Å². The molecule has 0 spiro atoms. The molecule has 1 aromatic heterocycles. The maximum atomic E-state index is 5.35. The zero-order chi connectivity index (χ0) is 41.3. The van der Waals surface area contributed by atoms with Gasteiger partial charge in [-0.2, -0.15) is 0 Å². The highest BCUT2D eigenvalue weighted by Crippen LogP contribution is 2.49. The molecule has 3 nitrogen and oxygen atoms in total. The first-order valence-corrected chi connectivity index (χ1v) is 22.7. The van der Waals surface area contributed by atoms with Gasteiger partial charge >= 0.3 is 0 Å². The van der Waals surface area contributed by atoms with Crippen molar-refractivity contribution in [1.82, 2.24) is 9.97 Å². The van der Waals surface area contributed by atoms with Crippen LogP contribution in [0.3, 0.4) is 0 Å². The molecule has 1 aliphatic heterocycles. The van der Waals surface area contributed by atoms with Crippen molar-refractivity contribution in [3.63, 3.8) is 0 Å². The van der Waals surface area contributed by atoms with E-state index in [1.54, 1.807) is 5.57 Å². The van der Waals surface area contributed by atoms with Crippen LogP contribution < -0.4 is 0 Å². The number of nitrogens with zero attached hydrogens (tertiary/aromatic N) is 3. The van der Waals surface area contributed by atoms with Gasteiger partial charge in [0, 0.05) is 34.1 Å².